The lowest BCUT2D eigenvalue weighted by Gasteiger charge is -2.32. The van der Waals surface area contributed by atoms with Gasteiger partial charge in [0, 0.05) is 25.0 Å². The number of aryl methyl sites for hydroxylation is 2. The van der Waals surface area contributed by atoms with Gasteiger partial charge in [0.15, 0.2) is 0 Å². The predicted molar refractivity (Wildman–Crippen MR) is 91.8 cm³/mol. The molecule has 0 unspecified atom stereocenters. The molecule has 0 aliphatic carbocycles. The number of nitrogens with zero attached hydrogens (tertiary/aromatic N) is 5. The maximum Gasteiger partial charge on any atom is 0.211 e. The molecule has 1 atom stereocenters. The third kappa shape index (κ3) is 3.34. The quantitative estimate of drug-likeness (QED) is 0.845. The molecule has 1 aliphatic rings. The minimum atomic E-state index is -3.28. The molecule has 1 saturated heterocycles. The summed E-state index contributed by atoms with van der Waals surface area (Å²) in [5.41, 5.74) is 2.54. The monoisotopic (exact) mass is 349 g/mol. The van der Waals surface area contributed by atoms with Crippen LogP contribution >= 0.6 is 0 Å². The van der Waals surface area contributed by atoms with E-state index in [1.165, 1.54) is 10.6 Å². The van der Waals surface area contributed by atoms with E-state index < -0.39 is 10.0 Å². The first-order chi connectivity index (χ1) is 11.4. The van der Waals surface area contributed by atoms with Gasteiger partial charge in [-0.2, -0.15) is 9.40 Å². The van der Waals surface area contributed by atoms with E-state index in [-0.39, 0.29) is 6.04 Å². The zero-order valence-electron chi connectivity index (χ0n) is 14.3. The summed E-state index contributed by atoms with van der Waals surface area (Å²) in [5, 5.41) is 4.29. The van der Waals surface area contributed by atoms with Gasteiger partial charge < -0.3 is 0 Å². The predicted octanol–water partition coefficient (Wildman–Crippen LogP) is 2.16. The summed E-state index contributed by atoms with van der Waals surface area (Å²) < 4.78 is 27.7. The van der Waals surface area contributed by atoms with Crippen LogP contribution in [0.5, 0.6) is 0 Å². The Hall–Kier alpha value is -1.80. The third-order valence-corrected chi connectivity index (χ3v) is 5.62. The van der Waals surface area contributed by atoms with E-state index in [1.54, 1.807) is 6.20 Å². The van der Waals surface area contributed by atoms with Crippen LogP contribution in [0.15, 0.2) is 18.3 Å². The van der Waals surface area contributed by atoms with Gasteiger partial charge in [0.05, 0.1) is 23.7 Å². The van der Waals surface area contributed by atoms with Crippen molar-refractivity contribution in [2.24, 2.45) is 0 Å². The molecular weight excluding hydrogens is 326 g/mol. The van der Waals surface area contributed by atoms with Gasteiger partial charge in [0.1, 0.15) is 5.82 Å². The van der Waals surface area contributed by atoms with Crippen LogP contribution < -0.4 is 0 Å². The average molecular weight is 349 g/mol. The zero-order valence-corrected chi connectivity index (χ0v) is 15.1. The van der Waals surface area contributed by atoms with Gasteiger partial charge in [-0.05, 0) is 38.8 Å². The fourth-order valence-corrected chi connectivity index (χ4v) is 4.36. The Labute approximate surface area is 142 Å². The lowest BCUT2D eigenvalue weighted by molar-refractivity contribution is 0.248. The highest BCUT2D eigenvalue weighted by atomic mass is 32.2. The Balaban J connectivity index is 2.05. The standard InChI is InChI=1S/C16H23N5O2S/c1-4-20-14(8-9-17-20)13-11-12(2)18-16(19-13)15-7-5-6-10-21(15)24(3,22)23/h8-9,11,15H,4-7,10H2,1-3H3/t15-/m1/s1. The van der Waals surface area contributed by atoms with Gasteiger partial charge in [-0.25, -0.2) is 18.4 Å². The molecule has 1 aliphatic heterocycles. The van der Waals surface area contributed by atoms with Crippen molar-refractivity contribution < 1.29 is 8.42 Å². The van der Waals surface area contributed by atoms with Crippen LogP contribution in [0.1, 0.15) is 43.7 Å². The number of rotatable bonds is 4. The molecule has 2 aromatic heterocycles. The van der Waals surface area contributed by atoms with Crippen molar-refractivity contribution in [3.05, 3.63) is 29.8 Å². The molecule has 3 heterocycles. The van der Waals surface area contributed by atoms with Crippen LogP contribution in [0.25, 0.3) is 11.4 Å². The van der Waals surface area contributed by atoms with E-state index in [1.807, 2.05) is 30.7 Å². The molecule has 0 amide bonds. The molecule has 130 valence electrons. The maximum absolute atomic E-state index is 12.1. The number of sulfonamides is 1. The number of hydrogen-bond donors (Lipinski definition) is 0. The van der Waals surface area contributed by atoms with E-state index >= 15 is 0 Å². The Morgan fingerprint density at radius 1 is 1.29 bits per heavy atom. The van der Waals surface area contributed by atoms with Gasteiger partial charge >= 0.3 is 0 Å². The summed E-state index contributed by atoms with van der Waals surface area (Å²) in [5.74, 6) is 0.582. The van der Waals surface area contributed by atoms with E-state index in [0.717, 1.165) is 42.9 Å². The van der Waals surface area contributed by atoms with Crippen molar-refractivity contribution in [2.75, 3.05) is 12.8 Å². The molecule has 24 heavy (non-hydrogen) atoms. The first-order valence-electron chi connectivity index (χ1n) is 8.24. The first kappa shape index (κ1) is 17.0. The summed E-state index contributed by atoms with van der Waals surface area (Å²) >= 11 is 0. The van der Waals surface area contributed by atoms with Gasteiger partial charge in [0.25, 0.3) is 0 Å². The summed E-state index contributed by atoms with van der Waals surface area (Å²) in [7, 11) is -3.28. The van der Waals surface area contributed by atoms with Gasteiger partial charge in [0.2, 0.25) is 10.0 Å². The lowest BCUT2D eigenvalue weighted by atomic mass is 10.0. The minimum Gasteiger partial charge on any atom is -0.264 e. The summed E-state index contributed by atoms with van der Waals surface area (Å²) in [6.45, 7) is 5.22. The molecule has 8 heteroatoms. The normalized spacial score (nSPS) is 19.5. The van der Waals surface area contributed by atoms with Crippen LogP contribution in [0.2, 0.25) is 0 Å². The molecule has 0 N–H and O–H groups in total. The highest BCUT2D eigenvalue weighted by molar-refractivity contribution is 7.88. The molecule has 0 bridgehead atoms. The van der Waals surface area contributed by atoms with Crippen molar-refractivity contribution in [1.29, 1.82) is 0 Å². The maximum atomic E-state index is 12.1. The minimum absolute atomic E-state index is 0.287. The van der Waals surface area contributed by atoms with Crippen LogP contribution in [0.3, 0.4) is 0 Å². The second-order valence-electron chi connectivity index (χ2n) is 6.17. The lowest BCUT2D eigenvalue weighted by Crippen LogP contribution is -2.38. The molecule has 3 rings (SSSR count). The van der Waals surface area contributed by atoms with Crippen molar-refractivity contribution in [3.8, 4) is 11.4 Å². The average Bonchev–Trinajstić information content (AvgIpc) is 3.02. The highest BCUT2D eigenvalue weighted by Gasteiger charge is 2.32. The molecule has 0 saturated carbocycles. The first-order valence-corrected chi connectivity index (χ1v) is 10.1. The van der Waals surface area contributed by atoms with Crippen LogP contribution in [-0.4, -0.2) is 45.3 Å². The SMILES string of the molecule is CCn1nccc1-c1cc(C)nc([C@H]2CCCCN2S(C)(=O)=O)n1. The fourth-order valence-electron chi connectivity index (χ4n) is 3.23. The molecule has 7 nitrogen and oxygen atoms in total. The fraction of sp³-hybridized carbons (Fsp3) is 0.562. The molecular formula is C16H23N5O2S. The molecule has 1 fully saturated rings. The summed E-state index contributed by atoms with van der Waals surface area (Å²) in [4.78, 5) is 9.23. The highest BCUT2D eigenvalue weighted by Crippen LogP contribution is 2.32. The summed E-state index contributed by atoms with van der Waals surface area (Å²) in [6, 6.07) is 3.55. The van der Waals surface area contributed by atoms with E-state index in [2.05, 4.69) is 10.1 Å². The summed E-state index contributed by atoms with van der Waals surface area (Å²) in [6.07, 6.45) is 5.62. The van der Waals surface area contributed by atoms with Gasteiger partial charge in [-0.1, -0.05) is 6.42 Å². The molecule has 0 spiro atoms. The van der Waals surface area contributed by atoms with E-state index in [0.29, 0.717) is 12.4 Å². The second-order valence-corrected chi connectivity index (χ2v) is 8.11. The van der Waals surface area contributed by atoms with E-state index in [9.17, 15) is 8.42 Å². The van der Waals surface area contributed by atoms with E-state index in [4.69, 9.17) is 4.98 Å². The Bertz CT molecular complexity index is 831. The van der Waals surface area contributed by atoms with Crippen molar-refractivity contribution in [3.63, 3.8) is 0 Å². The molecule has 0 radical (unpaired) electrons. The van der Waals surface area contributed by atoms with Crippen molar-refractivity contribution >= 4 is 10.0 Å². The van der Waals surface area contributed by atoms with Crippen molar-refractivity contribution in [1.82, 2.24) is 24.1 Å². The van der Waals surface area contributed by atoms with Crippen LogP contribution in [0, 0.1) is 6.92 Å². The van der Waals surface area contributed by atoms with Crippen LogP contribution in [0.4, 0.5) is 0 Å². The van der Waals surface area contributed by atoms with Gasteiger partial charge in [-0.15, -0.1) is 0 Å². The Morgan fingerprint density at radius 2 is 2.08 bits per heavy atom. The largest absolute Gasteiger partial charge is 0.264 e. The second kappa shape index (κ2) is 6.60. The zero-order chi connectivity index (χ0) is 17.3. The number of aromatic nitrogens is 4. The Kier molecular flexibility index (Phi) is 4.69. The molecule has 2 aromatic rings. The third-order valence-electron chi connectivity index (χ3n) is 4.33. The molecule has 0 aromatic carbocycles. The Morgan fingerprint density at radius 3 is 2.79 bits per heavy atom. The number of hydrogen-bond acceptors (Lipinski definition) is 5. The van der Waals surface area contributed by atoms with Crippen molar-refractivity contribution in [2.45, 2.75) is 45.7 Å². The topological polar surface area (TPSA) is 81.0 Å². The van der Waals surface area contributed by atoms with Gasteiger partial charge in [-0.3, -0.25) is 4.68 Å². The number of piperidine rings is 1. The smallest absolute Gasteiger partial charge is 0.211 e. The van der Waals surface area contributed by atoms with Crippen LogP contribution in [-0.2, 0) is 16.6 Å².